The maximum Gasteiger partial charge on any atom is 0.209 e. The zero-order valence-electron chi connectivity index (χ0n) is 37.3. The van der Waals surface area contributed by atoms with E-state index >= 15 is 0 Å². The van der Waals surface area contributed by atoms with Crippen LogP contribution in [0.25, 0.3) is 301 Å². The predicted molar refractivity (Wildman–Crippen MR) is 311 cm³/mol. The summed E-state index contributed by atoms with van der Waals surface area (Å²) in [6.45, 7) is 0. The quantitative estimate of drug-likeness (QED) is 0.158. The third kappa shape index (κ3) is 1.50. The number of benzene rings is 19. The molecule has 74 heavy (non-hydrogen) atoms. The number of thiophene rings is 1. The summed E-state index contributed by atoms with van der Waals surface area (Å²) in [6, 6.07) is 14.1. The number of rotatable bonds is 2. The highest BCUT2D eigenvalue weighted by Gasteiger charge is 2.76. The Morgan fingerprint density at radius 1 is 0.257 bits per heavy atom. The van der Waals surface area contributed by atoms with Crippen LogP contribution < -0.4 is 0 Å². The molecule has 2 nitrogen and oxygen atoms in total. The highest BCUT2D eigenvalue weighted by molar-refractivity contribution is 7.13. The molecule has 0 unspecified atom stereocenters. The molecule has 1 aliphatic heterocycles. The lowest BCUT2D eigenvalue weighted by Crippen LogP contribution is -2.54. The molecule has 30 aromatic rings. The first-order valence-corrected chi connectivity index (χ1v) is 28.0. The number of nitrogens with zero attached hydrogens (tertiary/aromatic N) is 1. The van der Waals surface area contributed by atoms with Crippen molar-refractivity contribution in [2.45, 2.75) is 11.0 Å². The van der Waals surface area contributed by atoms with Crippen LogP contribution in [0.3, 0.4) is 0 Å². The van der Waals surface area contributed by atoms with Crippen LogP contribution >= 0.6 is 11.3 Å². The molecule has 1 aromatic heterocycles. The van der Waals surface area contributed by atoms with Gasteiger partial charge in [0.25, 0.3) is 0 Å². The average molecular weight is 922 g/mol. The average Bonchev–Trinajstić information content (AvgIpc) is 3.01. The van der Waals surface area contributed by atoms with Crippen molar-refractivity contribution in [3.8, 4) is 10.4 Å². The van der Waals surface area contributed by atoms with Gasteiger partial charge in [0, 0.05) is 21.6 Å². The topological polar surface area (TPSA) is 21.6 Å². The fourth-order valence-corrected chi connectivity index (χ4v) is 26.2. The first-order chi connectivity index (χ1) is 36.9. The zero-order chi connectivity index (χ0) is 43.9. The van der Waals surface area contributed by atoms with E-state index in [1.807, 2.05) is 11.3 Å². The molecule has 4 aliphatic carbocycles. The summed E-state index contributed by atoms with van der Waals surface area (Å²) in [5.41, 5.74) is 8.17. The minimum absolute atomic E-state index is 0.692. The Morgan fingerprint density at radius 3 is 0.730 bits per heavy atom. The molecular weight excluding hydrogens is 915 g/mol. The normalized spacial score (nSPS) is 21.8. The lowest BCUT2D eigenvalue weighted by Gasteiger charge is -2.47. The van der Waals surface area contributed by atoms with Crippen molar-refractivity contribution in [3.05, 3.63) is 69.6 Å². The molecule has 35 rings (SSSR count). The Morgan fingerprint density at radius 2 is 0.486 bits per heavy atom. The largest absolute Gasteiger partial charge is 0.377 e. The first kappa shape index (κ1) is 27.6. The van der Waals surface area contributed by atoms with Crippen LogP contribution in [-0.4, -0.2) is 5.71 Å². The Hall–Kier alpha value is -9.15. The maximum absolute atomic E-state index is 8.20. The molecule has 2 spiro atoms. The first-order valence-electron chi connectivity index (χ1n) is 27.1. The van der Waals surface area contributed by atoms with Crippen LogP contribution in [0.5, 0.6) is 0 Å². The van der Waals surface area contributed by atoms with Crippen LogP contribution in [0.1, 0.15) is 27.8 Å². The van der Waals surface area contributed by atoms with Gasteiger partial charge in [0.05, 0.1) is 0 Å². The van der Waals surface area contributed by atoms with Crippen LogP contribution in [0.2, 0.25) is 0 Å². The fraction of sp³-hybridized carbons (Fsp3) is 0.0282. The minimum Gasteiger partial charge on any atom is -0.377 e. The monoisotopic (exact) mass is 921 g/mol. The van der Waals surface area contributed by atoms with E-state index < -0.39 is 11.0 Å². The van der Waals surface area contributed by atoms with E-state index in [0.29, 0.717) is 0 Å². The highest BCUT2D eigenvalue weighted by atomic mass is 32.1. The number of hydrogen-bond donors (Lipinski definition) is 0. The van der Waals surface area contributed by atoms with Gasteiger partial charge in [-0.25, -0.2) is 0 Å². The second-order valence-electron chi connectivity index (χ2n) is 26.3. The molecule has 0 radical (unpaired) electrons. The summed E-state index contributed by atoms with van der Waals surface area (Å²) in [7, 11) is 0. The van der Waals surface area contributed by atoms with Gasteiger partial charge in [0.2, 0.25) is 5.60 Å². The zero-order valence-corrected chi connectivity index (χ0v) is 38.1. The van der Waals surface area contributed by atoms with Gasteiger partial charge in [0.15, 0.2) is 0 Å². The summed E-state index contributed by atoms with van der Waals surface area (Å²) >= 11 is 1.83. The second kappa shape index (κ2) is 6.38. The van der Waals surface area contributed by atoms with Crippen molar-refractivity contribution < 1.29 is 4.84 Å². The summed E-state index contributed by atoms with van der Waals surface area (Å²) < 4.78 is 0. The molecule has 0 N–H and O–H groups in total. The smallest absolute Gasteiger partial charge is 0.209 e. The van der Waals surface area contributed by atoms with Gasteiger partial charge in [-0.2, -0.15) is 0 Å². The van der Waals surface area contributed by atoms with Gasteiger partial charge in [-0.3, -0.25) is 0 Å². The van der Waals surface area contributed by atoms with Crippen molar-refractivity contribution in [1.29, 1.82) is 0 Å². The van der Waals surface area contributed by atoms with E-state index in [4.69, 9.17) is 9.99 Å². The SMILES string of the molecule is c1csc(-c2ccc(C3=NOC45c6c7c8c9c%10c%11c(c%12c%13c4c4c6c6c%14c7c7c8c8c%10c%10c%15c%11c%11c%12c%12c%13c%13c4c4c6c6c%14c%14c7c7c8c%10c8c%10c%15c%11c%11c%12c%12c%13c4c4c6c6c%14c7c8c7c%10c%11c%12c4c67)C395)cc2)c1. The maximum atomic E-state index is 8.20. The van der Waals surface area contributed by atoms with Gasteiger partial charge < -0.3 is 4.84 Å². The minimum atomic E-state index is -0.861. The van der Waals surface area contributed by atoms with Crippen LogP contribution in [0.15, 0.2) is 46.9 Å². The molecular formula is C71H7NOS. The van der Waals surface area contributed by atoms with E-state index in [-0.39, 0.29) is 0 Å². The van der Waals surface area contributed by atoms with E-state index in [9.17, 15) is 0 Å². The predicted octanol–water partition coefficient (Wildman–Crippen LogP) is 19.4. The highest BCUT2D eigenvalue weighted by Crippen LogP contribution is 2.85. The summed E-state index contributed by atoms with van der Waals surface area (Å²) in [4.78, 5) is 9.51. The van der Waals surface area contributed by atoms with Crippen LogP contribution in [-0.2, 0) is 15.9 Å². The van der Waals surface area contributed by atoms with E-state index in [1.54, 1.807) is 280 Å². The van der Waals surface area contributed by atoms with Crippen molar-refractivity contribution in [3.63, 3.8) is 0 Å². The molecule has 2 heterocycles. The van der Waals surface area contributed by atoms with Crippen molar-refractivity contribution in [2.75, 3.05) is 0 Å². The third-order valence-corrected chi connectivity index (χ3v) is 26.7. The Labute approximate surface area is 406 Å². The molecule has 0 atom stereocenters. The van der Waals surface area contributed by atoms with Gasteiger partial charge >= 0.3 is 0 Å². The molecule has 0 fully saturated rings. The summed E-state index contributed by atoms with van der Waals surface area (Å²) in [5, 5.41) is 94.6. The number of hydrogen-bond acceptors (Lipinski definition) is 3. The van der Waals surface area contributed by atoms with Gasteiger partial charge in [0.1, 0.15) is 11.1 Å². The molecule has 0 saturated carbocycles. The van der Waals surface area contributed by atoms with Crippen LogP contribution in [0.4, 0.5) is 0 Å². The Bertz CT molecular complexity index is 7580. The lowest BCUT2D eigenvalue weighted by molar-refractivity contribution is -0.0122. The summed E-state index contributed by atoms with van der Waals surface area (Å²) in [5.74, 6) is 0. The standard InChI is InChI=1S/C71H7NOS/c1-2-10(74-7-1)8-3-5-9(6-4-8)69-70-65-57-49-39-29-21-13-11-12-15-19-17(13)25-33-27(19)37-31-23(15)24-16(12)20-18-14(11)22(21)30-36-26(18)34-28(20)38-32(24)42-41(31)53-47(37)55-45(33)51(43(49)35(25)29)59(65)61(55)67-63(53)64-54(42)48(38)56-46(34)52-44(36)50(40(30)39)58(57)66(70)60(52)62(56)68(64)71(67,70)73-72-69/h1-7H. The van der Waals surface area contributed by atoms with Crippen molar-refractivity contribution in [1.82, 2.24) is 0 Å². The van der Waals surface area contributed by atoms with E-state index in [1.165, 1.54) is 48.7 Å². The molecule has 308 valence electrons. The molecule has 0 saturated heterocycles. The molecule has 5 aliphatic rings. The second-order valence-corrected chi connectivity index (χ2v) is 27.2. The summed E-state index contributed by atoms with van der Waals surface area (Å²) in [6.07, 6.45) is 0. The van der Waals surface area contributed by atoms with Crippen molar-refractivity contribution in [2.24, 2.45) is 5.16 Å². The van der Waals surface area contributed by atoms with Gasteiger partial charge in [-0.1, -0.05) is 35.5 Å². The van der Waals surface area contributed by atoms with Gasteiger partial charge in [-0.05, 0) is 319 Å². The molecule has 0 amide bonds. The van der Waals surface area contributed by atoms with E-state index in [0.717, 1.165) is 5.71 Å². The fourth-order valence-electron chi connectivity index (χ4n) is 25.4. The van der Waals surface area contributed by atoms with Crippen LogP contribution in [0, 0.1) is 0 Å². The lowest BCUT2D eigenvalue weighted by atomic mass is 9.52. The van der Waals surface area contributed by atoms with Crippen molar-refractivity contribution >= 4 is 308 Å². The third-order valence-electron chi connectivity index (χ3n) is 25.8. The molecule has 3 heteroatoms. The Kier molecular flexibility index (Phi) is 2.38. The van der Waals surface area contributed by atoms with Gasteiger partial charge in [-0.15, -0.1) is 11.3 Å². The van der Waals surface area contributed by atoms with E-state index in [2.05, 4.69) is 41.8 Å². The molecule has 0 bridgehead atoms. The number of oxime groups is 1. The molecule has 29 aromatic carbocycles. The Balaban J connectivity index is 1.08.